The molecule has 1 heterocycles. The van der Waals surface area contributed by atoms with E-state index >= 15 is 0 Å². The van der Waals surface area contributed by atoms with Crippen LogP contribution < -0.4 is 10.3 Å². The number of nitrogens with zero attached hydrogens (tertiary/aromatic N) is 2. The Kier molecular flexibility index (Phi) is 5.10. The number of rotatable bonds is 4. The third kappa shape index (κ3) is 3.49. The van der Waals surface area contributed by atoms with Crippen LogP contribution in [0.3, 0.4) is 0 Å². The first-order valence-electron chi connectivity index (χ1n) is 9.29. The van der Waals surface area contributed by atoms with Gasteiger partial charge in [-0.1, -0.05) is 12.5 Å². The molecule has 1 aromatic heterocycles. The Labute approximate surface area is 157 Å². The maximum atomic E-state index is 12.9. The fourth-order valence-corrected chi connectivity index (χ4v) is 4.13. The molecule has 2 aromatic rings. The third-order valence-corrected chi connectivity index (χ3v) is 6.85. The van der Waals surface area contributed by atoms with Crippen molar-refractivity contribution in [2.75, 3.05) is 0 Å². The fourth-order valence-electron chi connectivity index (χ4n) is 3.33. The average Bonchev–Trinajstić information content (AvgIpc) is 2.49. The molecule has 1 N–H and O–H groups in total. The van der Waals surface area contributed by atoms with Crippen LogP contribution in [0.25, 0.3) is 10.9 Å². The first-order valence-corrected chi connectivity index (χ1v) is 10.4. The third-order valence-electron chi connectivity index (χ3n) is 5.17. The quantitative estimate of drug-likeness (QED) is 0.888. The highest BCUT2D eigenvalue weighted by Crippen LogP contribution is 2.35. The number of aryl methyl sites for hydroxylation is 1. The van der Waals surface area contributed by atoms with Gasteiger partial charge < -0.3 is 0 Å². The Morgan fingerprint density at radius 3 is 2.50 bits per heavy atom. The Hall–Kier alpha value is -1.53. The zero-order valence-electron chi connectivity index (χ0n) is 16.5. The van der Waals surface area contributed by atoms with E-state index in [9.17, 15) is 9.00 Å². The van der Waals surface area contributed by atoms with Gasteiger partial charge >= 0.3 is 0 Å². The maximum absolute atomic E-state index is 12.9. The molecule has 0 amide bonds. The zero-order valence-corrected chi connectivity index (χ0v) is 17.4. The number of aromatic nitrogens is 2. The molecule has 0 saturated heterocycles. The van der Waals surface area contributed by atoms with Gasteiger partial charge in [0.1, 0.15) is 5.82 Å². The first-order chi connectivity index (χ1) is 12.1. The van der Waals surface area contributed by atoms with Crippen LogP contribution in [-0.2, 0) is 18.0 Å². The predicted molar refractivity (Wildman–Crippen MR) is 108 cm³/mol. The molecule has 1 aliphatic carbocycles. The highest BCUT2D eigenvalue weighted by atomic mass is 32.2. The number of hydrogen-bond donors (Lipinski definition) is 1. The second-order valence-corrected chi connectivity index (χ2v) is 10.4. The minimum absolute atomic E-state index is 0.00555. The zero-order chi connectivity index (χ0) is 19.2. The van der Waals surface area contributed by atoms with Crippen molar-refractivity contribution in [3.05, 3.63) is 39.4 Å². The summed E-state index contributed by atoms with van der Waals surface area (Å²) in [5, 5.41) is 0.640. The van der Waals surface area contributed by atoms with Gasteiger partial charge in [-0.25, -0.2) is 13.9 Å². The van der Waals surface area contributed by atoms with Crippen molar-refractivity contribution in [2.24, 2.45) is 7.05 Å². The Balaban J connectivity index is 2.14. The highest BCUT2D eigenvalue weighted by molar-refractivity contribution is 7.84. The molecule has 26 heavy (non-hydrogen) atoms. The van der Waals surface area contributed by atoms with Gasteiger partial charge in [-0.05, 0) is 64.7 Å². The molecule has 0 bridgehead atoms. The standard InChI is InChI=1S/C20H29N3O2S/c1-12-10-15(13(2)22-26(25)20(3,4)5)17-16(11-12)19(24)23(6)18(21-17)14-8-7-9-14/h10-11,13-14,22H,7-9H2,1-6H3/t13-,26-/m1/s1. The highest BCUT2D eigenvalue weighted by Gasteiger charge is 2.27. The van der Waals surface area contributed by atoms with Crippen LogP contribution in [-0.4, -0.2) is 18.5 Å². The molecule has 3 rings (SSSR count). The van der Waals surface area contributed by atoms with Gasteiger partial charge in [-0.2, -0.15) is 0 Å². The summed E-state index contributed by atoms with van der Waals surface area (Å²) in [6, 6.07) is 3.80. The van der Waals surface area contributed by atoms with Crippen molar-refractivity contribution in [1.29, 1.82) is 0 Å². The summed E-state index contributed by atoms with van der Waals surface area (Å²) in [6.07, 6.45) is 3.38. The second-order valence-electron chi connectivity index (χ2n) is 8.43. The number of benzene rings is 1. The predicted octanol–water partition coefficient (Wildman–Crippen LogP) is 3.62. The van der Waals surface area contributed by atoms with E-state index in [1.54, 1.807) is 4.57 Å². The van der Waals surface area contributed by atoms with Crippen molar-refractivity contribution in [2.45, 2.75) is 70.6 Å². The van der Waals surface area contributed by atoms with Crippen LogP contribution in [0.2, 0.25) is 0 Å². The molecule has 142 valence electrons. The van der Waals surface area contributed by atoms with E-state index in [4.69, 9.17) is 4.98 Å². The minimum atomic E-state index is -1.19. The van der Waals surface area contributed by atoms with Crippen molar-refractivity contribution in [1.82, 2.24) is 14.3 Å². The van der Waals surface area contributed by atoms with Gasteiger partial charge in [0.05, 0.1) is 26.6 Å². The van der Waals surface area contributed by atoms with Crippen molar-refractivity contribution in [3.63, 3.8) is 0 Å². The maximum Gasteiger partial charge on any atom is 0.261 e. The van der Waals surface area contributed by atoms with Crippen molar-refractivity contribution < 1.29 is 4.21 Å². The molecule has 2 atom stereocenters. The lowest BCUT2D eigenvalue weighted by molar-refractivity contribution is 0.388. The van der Waals surface area contributed by atoms with Gasteiger partial charge in [0.2, 0.25) is 0 Å². The van der Waals surface area contributed by atoms with Gasteiger partial charge in [0, 0.05) is 19.0 Å². The lowest BCUT2D eigenvalue weighted by Crippen LogP contribution is -2.35. The lowest BCUT2D eigenvalue weighted by atomic mass is 9.84. The Bertz CT molecular complexity index is 923. The van der Waals surface area contributed by atoms with E-state index in [0.717, 1.165) is 35.3 Å². The Morgan fingerprint density at radius 1 is 1.31 bits per heavy atom. The summed E-state index contributed by atoms with van der Waals surface area (Å²) in [5.74, 6) is 1.25. The van der Waals surface area contributed by atoms with Gasteiger partial charge in [0.15, 0.2) is 0 Å². The van der Waals surface area contributed by atoms with Crippen LogP contribution in [0.15, 0.2) is 16.9 Å². The second kappa shape index (κ2) is 6.89. The summed E-state index contributed by atoms with van der Waals surface area (Å²) in [6.45, 7) is 9.80. The topological polar surface area (TPSA) is 64.0 Å². The Morgan fingerprint density at radius 2 is 1.96 bits per heavy atom. The van der Waals surface area contributed by atoms with Gasteiger partial charge in [0.25, 0.3) is 5.56 Å². The summed E-state index contributed by atoms with van der Waals surface area (Å²) in [7, 11) is 0.627. The van der Waals surface area contributed by atoms with E-state index in [1.165, 1.54) is 6.42 Å². The molecule has 1 fully saturated rings. The average molecular weight is 376 g/mol. The van der Waals surface area contributed by atoms with Crippen LogP contribution in [0.1, 0.15) is 75.9 Å². The molecule has 1 aromatic carbocycles. The monoisotopic (exact) mass is 375 g/mol. The molecule has 5 nitrogen and oxygen atoms in total. The molecule has 1 saturated carbocycles. The summed E-state index contributed by atoms with van der Waals surface area (Å²) >= 11 is 0. The lowest BCUT2D eigenvalue weighted by Gasteiger charge is -2.27. The van der Waals surface area contributed by atoms with Crippen LogP contribution >= 0.6 is 0 Å². The van der Waals surface area contributed by atoms with Crippen LogP contribution in [0, 0.1) is 6.92 Å². The fraction of sp³-hybridized carbons (Fsp3) is 0.600. The molecule has 0 radical (unpaired) electrons. The smallest absolute Gasteiger partial charge is 0.261 e. The molecule has 0 unspecified atom stereocenters. The largest absolute Gasteiger partial charge is 0.299 e. The summed E-state index contributed by atoms with van der Waals surface area (Å²) in [5.41, 5.74) is 2.70. The van der Waals surface area contributed by atoms with Crippen molar-refractivity contribution >= 4 is 21.9 Å². The number of nitrogens with one attached hydrogen (secondary N) is 1. The number of fused-ring (bicyclic) bond motifs is 1. The molecule has 1 aliphatic rings. The SMILES string of the molecule is Cc1cc([C@@H](C)N[S@](=O)C(C)(C)C)c2nc(C3CCC3)n(C)c(=O)c2c1. The van der Waals surface area contributed by atoms with Crippen LogP contribution in [0.5, 0.6) is 0 Å². The molecule has 0 aliphatic heterocycles. The van der Waals surface area contributed by atoms with E-state index in [0.29, 0.717) is 11.3 Å². The molecular weight excluding hydrogens is 346 g/mol. The van der Waals surface area contributed by atoms with E-state index < -0.39 is 11.0 Å². The minimum Gasteiger partial charge on any atom is -0.299 e. The summed E-state index contributed by atoms with van der Waals surface area (Å²) in [4.78, 5) is 17.9. The van der Waals surface area contributed by atoms with E-state index in [2.05, 4.69) is 10.8 Å². The summed E-state index contributed by atoms with van der Waals surface area (Å²) < 4.78 is 17.1. The number of hydrogen-bond acceptors (Lipinski definition) is 3. The van der Waals surface area contributed by atoms with Gasteiger partial charge in [-0.3, -0.25) is 9.36 Å². The normalized spacial score (nSPS) is 17.9. The first kappa shape index (κ1) is 19.2. The van der Waals surface area contributed by atoms with Crippen LogP contribution in [0.4, 0.5) is 0 Å². The molecule has 0 spiro atoms. The molecule has 6 heteroatoms. The molecular formula is C20H29N3O2S. The van der Waals surface area contributed by atoms with Crippen molar-refractivity contribution in [3.8, 4) is 0 Å². The van der Waals surface area contributed by atoms with E-state index in [1.807, 2.05) is 47.7 Å². The van der Waals surface area contributed by atoms with Gasteiger partial charge in [-0.15, -0.1) is 0 Å². The van der Waals surface area contributed by atoms with E-state index in [-0.39, 0.29) is 16.3 Å².